The number of hydrogen-bond acceptors (Lipinski definition) is 3. The molecule has 0 radical (unpaired) electrons. The standard InChI is InChI=1S/C12H23NO2/c1-4-11(13(2)3)5-7-12(8-6-11)14-9-10-15-12/h4-10H2,1-3H3. The Morgan fingerprint density at radius 2 is 1.53 bits per heavy atom. The average molecular weight is 213 g/mol. The molecule has 2 rings (SSSR count). The molecule has 0 aromatic carbocycles. The smallest absolute Gasteiger partial charge is 0.168 e. The third-order valence-electron chi connectivity index (χ3n) is 4.36. The lowest BCUT2D eigenvalue weighted by molar-refractivity contribution is -0.192. The van der Waals surface area contributed by atoms with Crippen molar-refractivity contribution in [2.75, 3.05) is 27.3 Å². The third kappa shape index (κ3) is 1.93. The lowest BCUT2D eigenvalue weighted by Crippen LogP contribution is -2.51. The monoisotopic (exact) mass is 213 g/mol. The molecule has 1 aliphatic heterocycles. The van der Waals surface area contributed by atoms with Gasteiger partial charge in [-0.2, -0.15) is 0 Å². The first-order chi connectivity index (χ1) is 7.13. The lowest BCUT2D eigenvalue weighted by Gasteiger charge is -2.47. The van der Waals surface area contributed by atoms with Crippen molar-refractivity contribution in [3.8, 4) is 0 Å². The summed E-state index contributed by atoms with van der Waals surface area (Å²) in [6, 6.07) is 0. The number of hydrogen-bond donors (Lipinski definition) is 0. The van der Waals surface area contributed by atoms with Gasteiger partial charge in [0.25, 0.3) is 0 Å². The highest BCUT2D eigenvalue weighted by Crippen LogP contribution is 2.43. The molecule has 0 bridgehead atoms. The van der Waals surface area contributed by atoms with Gasteiger partial charge in [0.15, 0.2) is 5.79 Å². The van der Waals surface area contributed by atoms with Gasteiger partial charge in [-0.15, -0.1) is 0 Å². The normalized spacial score (nSPS) is 28.8. The fourth-order valence-corrected chi connectivity index (χ4v) is 3.00. The highest BCUT2D eigenvalue weighted by molar-refractivity contribution is 4.95. The van der Waals surface area contributed by atoms with Gasteiger partial charge in [-0.3, -0.25) is 0 Å². The van der Waals surface area contributed by atoms with Gasteiger partial charge in [0.1, 0.15) is 0 Å². The fourth-order valence-electron chi connectivity index (χ4n) is 3.00. The zero-order valence-electron chi connectivity index (χ0n) is 10.2. The molecule has 15 heavy (non-hydrogen) atoms. The fraction of sp³-hybridized carbons (Fsp3) is 1.00. The van der Waals surface area contributed by atoms with Crippen LogP contribution >= 0.6 is 0 Å². The van der Waals surface area contributed by atoms with Gasteiger partial charge in [0, 0.05) is 18.4 Å². The molecule has 1 spiro atoms. The molecule has 0 aromatic rings. The van der Waals surface area contributed by atoms with E-state index in [1.807, 2.05) is 0 Å². The Morgan fingerprint density at radius 1 is 1.00 bits per heavy atom. The summed E-state index contributed by atoms with van der Waals surface area (Å²) in [7, 11) is 4.38. The van der Waals surface area contributed by atoms with Gasteiger partial charge in [0.05, 0.1) is 13.2 Å². The minimum atomic E-state index is -0.214. The Bertz CT molecular complexity index is 212. The molecule has 2 aliphatic rings. The molecule has 88 valence electrons. The molecule has 1 saturated carbocycles. The molecule has 1 heterocycles. The number of rotatable bonds is 2. The minimum absolute atomic E-state index is 0.214. The van der Waals surface area contributed by atoms with Crippen molar-refractivity contribution in [3.63, 3.8) is 0 Å². The molecular weight excluding hydrogens is 190 g/mol. The van der Waals surface area contributed by atoms with Gasteiger partial charge >= 0.3 is 0 Å². The number of ether oxygens (including phenoxy) is 2. The van der Waals surface area contributed by atoms with Crippen LogP contribution in [0.25, 0.3) is 0 Å². The van der Waals surface area contributed by atoms with Crippen LogP contribution in [0.15, 0.2) is 0 Å². The topological polar surface area (TPSA) is 21.7 Å². The lowest BCUT2D eigenvalue weighted by atomic mass is 9.76. The maximum Gasteiger partial charge on any atom is 0.168 e. The summed E-state index contributed by atoms with van der Waals surface area (Å²) in [5.74, 6) is -0.214. The summed E-state index contributed by atoms with van der Waals surface area (Å²) in [6.45, 7) is 3.84. The van der Waals surface area contributed by atoms with E-state index >= 15 is 0 Å². The second kappa shape index (κ2) is 4.04. The van der Waals surface area contributed by atoms with Crippen molar-refractivity contribution in [1.82, 2.24) is 4.90 Å². The molecule has 1 saturated heterocycles. The molecule has 0 N–H and O–H groups in total. The van der Waals surface area contributed by atoms with E-state index in [2.05, 4.69) is 25.9 Å². The Kier molecular flexibility index (Phi) is 3.06. The first-order valence-electron chi connectivity index (χ1n) is 6.08. The second-order valence-corrected chi connectivity index (χ2v) is 5.08. The molecule has 3 nitrogen and oxygen atoms in total. The Hall–Kier alpha value is -0.120. The summed E-state index contributed by atoms with van der Waals surface area (Å²) in [5, 5.41) is 0. The van der Waals surface area contributed by atoms with Crippen molar-refractivity contribution in [1.29, 1.82) is 0 Å². The van der Waals surface area contributed by atoms with Gasteiger partial charge in [-0.1, -0.05) is 6.92 Å². The summed E-state index contributed by atoms with van der Waals surface area (Å²) in [5.41, 5.74) is 0.376. The van der Waals surface area contributed by atoms with Crippen LogP contribution in [-0.4, -0.2) is 43.5 Å². The van der Waals surface area contributed by atoms with E-state index in [0.717, 1.165) is 26.1 Å². The van der Waals surface area contributed by atoms with E-state index in [-0.39, 0.29) is 5.79 Å². The number of nitrogens with zero attached hydrogens (tertiary/aromatic N) is 1. The highest BCUT2D eigenvalue weighted by Gasteiger charge is 2.46. The molecule has 1 aliphatic carbocycles. The molecule has 2 fully saturated rings. The third-order valence-corrected chi connectivity index (χ3v) is 4.36. The molecule has 0 aromatic heterocycles. The Labute approximate surface area is 92.7 Å². The summed E-state index contributed by atoms with van der Waals surface area (Å²) in [6.07, 6.45) is 5.71. The quantitative estimate of drug-likeness (QED) is 0.700. The maximum atomic E-state index is 5.76. The Morgan fingerprint density at radius 3 is 1.93 bits per heavy atom. The molecule has 0 unspecified atom stereocenters. The van der Waals surface area contributed by atoms with E-state index in [9.17, 15) is 0 Å². The average Bonchev–Trinajstić information content (AvgIpc) is 2.68. The van der Waals surface area contributed by atoms with Crippen LogP contribution in [0.3, 0.4) is 0 Å². The van der Waals surface area contributed by atoms with E-state index in [1.165, 1.54) is 19.3 Å². The Balaban J connectivity index is 2.01. The van der Waals surface area contributed by atoms with Crippen LogP contribution in [0, 0.1) is 0 Å². The summed E-state index contributed by atoms with van der Waals surface area (Å²) >= 11 is 0. The van der Waals surface area contributed by atoms with Gasteiger partial charge in [0.2, 0.25) is 0 Å². The van der Waals surface area contributed by atoms with Crippen LogP contribution in [-0.2, 0) is 9.47 Å². The van der Waals surface area contributed by atoms with Gasteiger partial charge in [-0.25, -0.2) is 0 Å². The first-order valence-corrected chi connectivity index (χ1v) is 6.08. The SMILES string of the molecule is CCC1(N(C)C)CCC2(CC1)OCCO2. The van der Waals surface area contributed by atoms with Crippen molar-refractivity contribution in [3.05, 3.63) is 0 Å². The molecular formula is C12H23NO2. The molecule has 0 amide bonds. The highest BCUT2D eigenvalue weighted by atomic mass is 16.7. The van der Waals surface area contributed by atoms with E-state index in [1.54, 1.807) is 0 Å². The predicted octanol–water partition coefficient (Wildman–Crippen LogP) is 2.01. The van der Waals surface area contributed by atoms with Gasteiger partial charge in [-0.05, 0) is 33.4 Å². The predicted molar refractivity (Wildman–Crippen MR) is 59.8 cm³/mol. The largest absolute Gasteiger partial charge is 0.348 e. The second-order valence-electron chi connectivity index (χ2n) is 5.08. The zero-order chi connectivity index (χ0) is 10.9. The van der Waals surface area contributed by atoms with Crippen LogP contribution in [0.5, 0.6) is 0 Å². The maximum absolute atomic E-state index is 5.76. The van der Waals surface area contributed by atoms with E-state index < -0.39 is 0 Å². The van der Waals surface area contributed by atoms with E-state index in [0.29, 0.717) is 5.54 Å². The van der Waals surface area contributed by atoms with E-state index in [4.69, 9.17) is 9.47 Å². The first kappa shape index (κ1) is 11.4. The molecule has 0 atom stereocenters. The van der Waals surface area contributed by atoms with Crippen LogP contribution < -0.4 is 0 Å². The van der Waals surface area contributed by atoms with Gasteiger partial charge < -0.3 is 14.4 Å². The summed E-state index contributed by atoms with van der Waals surface area (Å²) < 4.78 is 11.5. The van der Waals surface area contributed by atoms with Crippen molar-refractivity contribution in [2.45, 2.75) is 50.4 Å². The zero-order valence-corrected chi connectivity index (χ0v) is 10.2. The van der Waals surface area contributed by atoms with Crippen molar-refractivity contribution < 1.29 is 9.47 Å². The van der Waals surface area contributed by atoms with Crippen LogP contribution in [0.4, 0.5) is 0 Å². The van der Waals surface area contributed by atoms with Crippen molar-refractivity contribution >= 4 is 0 Å². The van der Waals surface area contributed by atoms with Crippen LogP contribution in [0.2, 0.25) is 0 Å². The minimum Gasteiger partial charge on any atom is -0.348 e. The summed E-state index contributed by atoms with van der Waals surface area (Å²) in [4.78, 5) is 2.38. The van der Waals surface area contributed by atoms with Crippen molar-refractivity contribution in [2.24, 2.45) is 0 Å². The molecule has 3 heteroatoms. The van der Waals surface area contributed by atoms with Crippen LogP contribution in [0.1, 0.15) is 39.0 Å².